The fourth-order valence-corrected chi connectivity index (χ4v) is 1.35. The Morgan fingerprint density at radius 1 is 1.38 bits per heavy atom. The van der Waals surface area contributed by atoms with E-state index in [0.717, 1.165) is 4.47 Å². The van der Waals surface area contributed by atoms with Crippen LogP contribution in [0.5, 0.6) is 0 Å². The van der Waals surface area contributed by atoms with Gasteiger partial charge in [0.15, 0.2) is 0 Å². The van der Waals surface area contributed by atoms with Gasteiger partial charge < -0.3 is 0 Å². The van der Waals surface area contributed by atoms with Crippen LogP contribution >= 0.6 is 15.9 Å². The second-order valence-electron chi connectivity index (χ2n) is 2.58. The summed E-state index contributed by atoms with van der Waals surface area (Å²) >= 11 is 3.27. The zero-order chi connectivity index (χ0) is 9.26. The third-order valence-corrected chi connectivity index (χ3v) is 2.03. The summed E-state index contributed by atoms with van der Waals surface area (Å²) in [5, 5.41) is 4.03. The molecule has 0 saturated heterocycles. The average Bonchev–Trinajstić information content (AvgIpc) is 2.52. The van der Waals surface area contributed by atoms with Gasteiger partial charge in [-0.1, -0.05) is 6.07 Å². The molecule has 0 unspecified atom stereocenters. The van der Waals surface area contributed by atoms with E-state index >= 15 is 0 Å². The maximum absolute atomic E-state index is 12.8. The van der Waals surface area contributed by atoms with Crippen molar-refractivity contribution < 1.29 is 4.39 Å². The lowest BCUT2D eigenvalue weighted by atomic mass is 10.3. The third kappa shape index (κ3) is 1.78. The van der Waals surface area contributed by atoms with Gasteiger partial charge in [0, 0.05) is 6.20 Å². The molecule has 1 aromatic carbocycles. The summed E-state index contributed by atoms with van der Waals surface area (Å²) in [6, 6.07) is 6.28. The van der Waals surface area contributed by atoms with Crippen LogP contribution in [0.2, 0.25) is 0 Å². The molecule has 0 spiro atoms. The Bertz CT molecular complexity index is 425. The van der Waals surface area contributed by atoms with Crippen LogP contribution in [0, 0.1) is 5.82 Å². The van der Waals surface area contributed by atoms with E-state index in [1.54, 1.807) is 29.2 Å². The van der Waals surface area contributed by atoms with Crippen LogP contribution in [0.3, 0.4) is 0 Å². The highest BCUT2D eigenvalue weighted by Crippen LogP contribution is 2.12. The molecule has 0 atom stereocenters. The lowest BCUT2D eigenvalue weighted by Crippen LogP contribution is -1.93. The summed E-state index contributed by atoms with van der Waals surface area (Å²) in [4.78, 5) is 0. The van der Waals surface area contributed by atoms with Crippen LogP contribution in [0.15, 0.2) is 41.1 Å². The fraction of sp³-hybridized carbons (Fsp3) is 0. The first-order valence-electron chi connectivity index (χ1n) is 3.72. The molecule has 2 nitrogen and oxygen atoms in total. The van der Waals surface area contributed by atoms with Crippen molar-refractivity contribution in [1.82, 2.24) is 9.78 Å². The second-order valence-corrected chi connectivity index (χ2v) is 3.50. The van der Waals surface area contributed by atoms with E-state index in [-0.39, 0.29) is 5.82 Å². The number of aromatic nitrogens is 2. The number of hydrogen-bond donors (Lipinski definition) is 0. The molecule has 0 aliphatic carbocycles. The fourth-order valence-electron chi connectivity index (χ4n) is 1.06. The molecule has 0 bridgehead atoms. The molecule has 0 saturated carbocycles. The van der Waals surface area contributed by atoms with Crippen molar-refractivity contribution in [3.05, 3.63) is 46.9 Å². The zero-order valence-corrected chi connectivity index (χ0v) is 8.20. The molecule has 0 amide bonds. The summed E-state index contributed by atoms with van der Waals surface area (Å²) in [6.45, 7) is 0. The summed E-state index contributed by atoms with van der Waals surface area (Å²) < 4.78 is 15.3. The Balaban J connectivity index is 2.46. The molecular formula is C9H6BrFN2. The standard InChI is InChI=1S/C9H6BrFN2/c10-7-5-12-13(6-7)9-3-1-2-8(11)4-9/h1-6H. The molecule has 2 aromatic rings. The minimum atomic E-state index is -0.260. The van der Waals surface area contributed by atoms with Crippen LogP contribution in [-0.4, -0.2) is 9.78 Å². The molecule has 0 radical (unpaired) electrons. The van der Waals surface area contributed by atoms with Gasteiger partial charge >= 0.3 is 0 Å². The summed E-state index contributed by atoms with van der Waals surface area (Å²) in [6.07, 6.45) is 3.43. The maximum Gasteiger partial charge on any atom is 0.125 e. The quantitative estimate of drug-likeness (QED) is 0.750. The highest BCUT2D eigenvalue weighted by molar-refractivity contribution is 9.10. The topological polar surface area (TPSA) is 17.8 Å². The van der Waals surface area contributed by atoms with Crippen LogP contribution in [-0.2, 0) is 0 Å². The zero-order valence-electron chi connectivity index (χ0n) is 6.61. The molecule has 66 valence electrons. The van der Waals surface area contributed by atoms with E-state index in [9.17, 15) is 4.39 Å². The van der Waals surface area contributed by atoms with Gasteiger partial charge in [0.05, 0.1) is 16.4 Å². The average molecular weight is 241 g/mol. The highest BCUT2D eigenvalue weighted by atomic mass is 79.9. The molecule has 0 aliphatic rings. The Kier molecular flexibility index (Phi) is 2.14. The Labute approximate surface area is 83.1 Å². The largest absolute Gasteiger partial charge is 0.240 e. The van der Waals surface area contributed by atoms with Crippen molar-refractivity contribution in [2.75, 3.05) is 0 Å². The summed E-state index contributed by atoms with van der Waals surface area (Å²) in [7, 11) is 0. The van der Waals surface area contributed by atoms with Crippen molar-refractivity contribution >= 4 is 15.9 Å². The molecule has 1 aromatic heterocycles. The molecule has 4 heteroatoms. The third-order valence-electron chi connectivity index (χ3n) is 1.62. The minimum absolute atomic E-state index is 0.260. The van der Waals surface area contributed by atoms with Crippen molar-refractivity contribution in [3.63, 3.8) is 0 Å². The van der Waals surface area contributed by atoms with E-state index < -0.39 is 0 Å². The van der Waals surface area contributed by atoms with E-state index in [2.05, 4.69) is 21.0 Å². The molecule has 13 heavy (non-hydrogen) atoms. The number of benzene rings is 1. The Hall–Kier alpha value is -1.16. The summed E-state index contributed by atoms with van der Waals surface area (Å²) in [5.41, 5.74) is 0.714. The number of nitrogens with zero attached hydrogens (tertiary/aromatic N) is 2. The van der Waals surface area contributed by atoms with Gasteiger partial charge in [-0.3, -0.25) is 0 Å². The Morgan fingerprint density at radius 2 is 2.23 bits per heavy atom. The molecule has 1 heterocycles. The first kappa shape index (κ1) is 8.44. The van der Waals surface area contributed by atoms with Crippen LogP contribution < -0.4 is 0 Å². The summed E-state index contributed by atoms with van der Waals surface area (Å²) in [5.74, 6) is -0.260. The van der Waals surface area contributed by atoms with Gasteiger partial charge in [0.2, 0.25) is 0 Å². The SMILES string of the molecule is Fc1cccc(-n2cc(Br)cn2)c1. The smallest absolute Gasteiger partial charge is 0.125 e. The predicted octanol–water partition coefficient (Wildman–Crippen LogP) is 2.77. The van der Waals surface area contributed by atoms with Gasteiger partial charge in [0.1, 0.15) is 5.82 Å². The van der Waals surface area contributed by atoms with Crippen LogP contribution in [0.25, 0.3) is 5.69 Å². The van der Waals surface area contributed by atoms with E-state index in [1.807, 2.05) is 0 Å². The van der Waals surface area contributed by atoms with Crippen LogP contribution in [0.4, 0.5) is 4.39 Å². The van der Waals surface area contributed by atoms with Gasteiger partial charge in [-0.25, -0.2) is 9.07 Å². The predicted molar refractivity (Wildman–Crippen MR) is 51.2 cm³/mol. The first-order valence-corrected chi connectivity index (χ1v) is 4.51. The minimum Gasteiger partial charge on any atom is -0.240 e. The lowest BCUT2D eigenvalue weighted by Gasteiger charge is -1.99. The monoisotopic (exact) mass is 240 g/mol. The maximum atomic E-state index is 12.8. The Morgan fingerprint density at radius 3 is 2.85 bits per heavy atom. The van der Waals surface area contributed by atoms with Gasteiger partial charge in [-0.2, -0.15) is 5.10 Å². The number of hydrogen-bond acceptors (Lipinski definition) is 1. The van der Waals surface area contributed by atoms with Crippen molar-refractivity contribution in [1.29, 1.82) is 0 Å². The van der Waals surface area contributed by atoms with Crippen molar-refractivity contribution in [2.24, 2.45) is 0 Å². The van der Waals surface area contributed by atoms with Gasteiger partial charge in [-0.05, 0) is 34.1 Å². The highest BCUT2D eigenvalue weighted by Gasteiger charge is 1.99. The molecule has 2 rings (SSSR count). The van der Waals surface area contributed by atoms with Crippen LogP contribution in [0.1, 0.15) is 0 Å². The normalized spacial score (nSPS) is 10.3. The van der Waals surface area contributed by atoms with E-state index in [0.29, 0.717) is 5.69 Å². The molecular weight excluding hydrogens is 235 g/mol. The second kappa shape index (κ2) is 3.30. The van der Waals surface area contributed by atoms with Crippen molar-refractivity contribution in [3.8, 4) is 5.69 Å². The van der Waals surface area contributed by atoms with E-state index in [1.165, 1.54) is 12.1 Å². The number of rotatable bonds is 1. The van der Waals surface area contributed by atoms with Gasteiger partial charge in [-0.15, -0.1) is 0 Å². The lowest BCUT2D eigenvalue weighted by molar-refractivity contribution is 0.625. The molecule has 0 fully saturated rings. The van der Waals surface area contributed by atoms with Crippen molar-refractivity contribution in [2.45, 2.75) is 0 Å². The van der Waals surface area contributed by atoms with Gasteiger partial charge in [0.25, 0.3) is 0 Å². The molecule has 0 N–H and O–H groups in total. The molecule has 0 aliphatic heterocycles. The van der Waals surface area contributed by atoms with E-state index in [4.69, 9.17) is 0 Å². The number of halogens is 2. The first-order chi connectivity index (χ1) is 6.25.